The van der Waals surface area contributed by atoms with Crippen LogP contribution < -0.4 is 9.64 Å². The molecule has 136 valence electrons. The number of piperidine rings is 1. The summed E-state index contributed by atoms with van der Waals surface area (Å²) in [5.74, 6) is 0.730. The Balaban J connectivity index is 1.53. The minimum absolute atomic E-state index is 0.0175. The van der Waals surface area contributed by atoms with Crippen LogP contribution in [0.25, 0.3) is 0 Å². The first-order chi connectivity index (χ1) is 12.6. The number of aromatic nitrogens is 1. The number of hydrogen-bond donors (Lipinski definition) is 0. The average Bonchev–Trinajstić information content (AvgIpc) is 3.13. The first-order valence-electron chi connectivity index (χ1n) is 8.89. The first-order valence-corrected chi connectivity index (χ1v) is 8.89. The van der Waals surface area contributed by atoms with E-state index in [1.807, 2.05) is 30.0 Å². The number of fused-ring (bicyclic) bond motifs is 1. The molecule has 7 heteroatoms. The van der Waals surface area contributed by atoms with Gasteiger partial charge >= 0.3 is 0 Å². The normalized spacial score (nSPS) is 17.0. The predicted octanol–water partition coefficient (Wildman–Crippen LogP) is 2.53. The van der Waals surface area contributed by atoms with Crippen molar-refractivity contribution in [3.63, 3.8) is 0 Å². The molecule has 2 aliphatic heterocycles. The van der Waals surface area contributed by atoms with Crippen molar-refractivity contribution in [1.29, 1.82) is 0 Å². The highest BCUT2D eigenvalue weighted by Crippen LogP contribution is 2.33. The number of nitrogens with zero attached hydrogens (tertiary/aromatic N) is 3. The molecule has 0 saturated carbocycles. The van der Waals surface area contributed by atoms with Gasteiger partial charge in [-0.25, -0.2) is 4.98 Å². The number of carbonyl (C=O) groups excluding carboxylic acids is 2. The van der Waals surface area contributed by atoms with Gasteiger partial charge in [0.05, 0.1) is 5.69 Å². The summed E-state index contributed by atoms with van der Waals surface area (Å²) in [7, 11) is 0. The molecule has 1 aromatic carbocycles. The lowest BCUT2D eigenvalue weighted by Crippen LogP contribution is -2.38. The Morgan fingerprint density at radius 1 is 1.23 bits per heavy atom. The number of ether oxygens (including phenoxy) is 1. The molecule has 3 heterocycles. The largest absolute Gasteiger partial charge is 0.482 e. The third kappa shape index (κ3) is 3.16. The molecule has 1 aromatic heterocycles. The van der Waals surface area contributed by atoms with Crippen LogP contribution in [-0.4, -0.2) is 41.4 Å². The Morgan fingerprint density at radius 3 is 2.85 bits per heavy atom. The highest BCUT2D eigenvalue weighted by molar-refractivity contribution is 5.97. The number of likely N-dealkylation sites (tertiary alicyclic amines) is 1. The summed E-state index contributed by atoms with van der Waals surface area (Å²) in [6.07, 6.45) is 4.59. The standard InChI is InChI=1S/C19H21N3O4/c1-13-5-6-16-15(9-13)22(18(23)12-25-16)10-17-20-14(11-26-17)19(24)21-7-3-2-4-8-21/h5-6,9,11H,2-4,7-8,10,12H2,1H3. The quantitative estimate of drug-likeness (QED) is 0.846. The van der Waals surface area contributed by atoms with E-state index in [0.29, 0.717) is 23.0 Å². The highest BCUT2D eigenvalue weighted by atomic mass is 16.5. The van der Waals surface area contributed by atoms with Crippen molar-refractivity contribution in [2.75, 3.05) is 24.6 Å². The van der Waals surface area contributed by atoms with Gasteiger partial charge in [-0.05, 0) is 43.9 Å². The Morgan fingerprint density at radius 2 is 2.04 bits per heavy atom. The molecule has 1 saturated heterocycles. The molecule has 1 fully saturated rings. The molecular formula is C19H21N3O4. The van der Waals surface area contributed by atoms with Gasteiger partial charge in [-0.1, -0.05) is 6.07 Å². The maximum atomic E-state index is 12.5. The minimum Gasteiger partial charge on any atom is -0.482 e. The molecule has 0 bridgehead atoms. The third-order valence-corrected chi connectivity index (χ3v) is 4.76. The lowest BCUT2D eigenvalue weighted by molar-refractivity contribution is -0.121. The van der Waals surface area contributed by atoms with E-state index in [1.165, 1.54) is 6.26 Å². The van der Waals surface area contributed by atoms with Gasteiger partial charge in [0.1, 0.15) is 18.6 Å². The van der Waals surface area contributed by atoms with E-state index in [4.69, 9.17) is 9.15 Å². The molecule has 2 aromatic rings. The second kappa shape index (κ2) is 6.82. The van der Waals surface area contributed by atoms with Crippen LogP contribution in [-0.2, 0) is 11.3 Å². The van der Waals surface area contributed by atoms with E-state index in [-0.39, 0.29) is 25.0 Å². The van der Waals surface area contributed by atoms with Crippen LogP contribution in [0.5, 0.6) is 5.75 Å². The summed E-state index contributed by atoms with van der Waals surface area (Å²) in [5, 5.41) is 0. The third-order valence-electron chi connectivity index (χ3n) is 4.76. The predicted molar refractivity (Wildman–Crippen MR) is 94.1 cm³/mol. The summed E-state index contributed by atoms with van der Waals surface area (Å²) in [6, 6.07) is 5.69. The Kier molecular flexibility index (Phi) is 4.36. The van der Waals surface area contributed by atoms with Crippen molar-refractivity contribution in [3.05, 3.63) is 41.6 Å². The summed E-state index contributed by atoms with van der Waals surface area (Å²) in [4.78, 5) is 32.5. The van der Waals surface area contributed by atoms with E-state index in [2.05, 4.69) is 4.98 Å². The Labute approximate surface area is 151 Å². The van der Waals surface area contributed by atoms with Gasteiger partial charge in [0.25, 0.3) is 11.8 Å². The molecule has 0 N–H and O–H groups in total. The van der Waals surface area contributed by atoms with Gasteiger partial charge in [-0.2, -0.15) is 0 Å². The lowest BCUT2D eigenvalue weighted by atomic mass is 10.1. The van der Waals surface area contributed by atoms with Crippen molar-refractivity contribution in [2.45, 2.75) is 32.7 Å². The molecule has 2 aliphatic rings. The van der Waals surface area contributed by atoms with Gasteiger partial charge in [0, 0.05) is 13.1 Å². The van der Waals surface area contributed by atoms with Crippen LogP contribution in [0, 0.1) is 6.92 Å². The zero-order valence-electron chi connectivity index (χ0n) is 14.7. The van der Waals surface area contributed by atoms with Crippen molar-refractivity contribution in [1.82, 2.24) is 9.88 Å². The number of oxazole rings is 1. The SMILES string of the molecule is Cc1ccc2c(c1)N(Cc1nc(C(=O)N3CCCCC3)co1)C(=O)CO2. The van der Waals surface area contributed by atoms with E-state index in [9.17, 15) is 9.59 Å². The highest BCUT2D eigenvalue weighted by Gasteiger charge is 2.28. The fourth-order valence-electron chi connectivity index (χ4n) is 3.36. The summed E-state index contributed by atoms with van der Waals surface area (Å²) < 4.78 is 11.0. The van der Waals surface area contributed by atoms with Gasteiger partial charge < -0.3 is 14.1 Å². The number of benzene rings is 1. The number of carbonyl (C=O) groups is 2. The van der Waals surface area contributed by atoms with Crippen LogP contribution in [0.15, 0.2) is 28.9 Å². The maximum Gasteiger partial charge on any atom is 0.275 e. The van der Waals surface area contributed by atoms with Gasteiger partial charge in [-0.15, -0.1) is 0 Å². The van der Waals surface area contributed by atoms with Crippen molar-refractivity contribution in [3.8, 4) is 5.75 Å². The Bertz CT molecular complexity index is 839. The molecule has 0 spiro atoms. The number of aryl methyl sites for hydroxylation is 1. The number of rotatable bonds is 3. The zero-order chi connectivity index (χ0) is 18.1. The molecule has 0 radical (unpaired) electrons. The van der Waals surface area contributed by atoms with Crippen LogP contribution in [0.3, 0.4) is 0 Å². The number of hydrogen-bond acceptors (Lipinski definition) is 5. The number of anilines is 1. The smallest absolute Gasteiger partial charge is 0.275 e. The fourth-order valence-corrected chi connectivity index (χ4v) is 3.36. The molecule has 0 unspecified atom stereocenters. The van der Waals surface area contributed by atoms with E-state index >= 15 is 0 Å². The van der Waals surface area contributed by atoms with E-state index in [1.54, 1.807) is 4.90 Å². The average molecular weight is 355 g/mol. The summed E-state index contributed by atoms with van der Waals surface area (Å²) in [5.41, 5.74) is 2.02. The molecular weight excluding hydrogens is 334 g/mol. The maximum absolute atomic E-state index is 12.5. The monoisotopic (exact) mass is 355 g/mol. The minimum atomic E-state index is -0.162. The van der Waals surface area contributed by atoms with Crippen LogP contribution in [0.1, 0.15) is 41.2 Å². The van der Waals surface area contributed by atoms with Gasteiger partial charge in [0.15, 0.2) is 12.3 Å². The van der Waals surface area contributed by atoms with E-state index in [0.717, 1.165) is 37.9 Å². The summed E-state index contributed by atoms with van der Waals surface area (Å²) >= 11 is 0. The zero-order valence-corrected chi connectivity index (χ0v) is 14.7. The fraction of sp³-hybridized carbons (Fsp3) is 0.421. The molecule has 2 amide bonds. The molecule has 26 heavy (non-hydrogen) atoms. The number of amides is 2. The topological polar surface area (TPSA) is 75.9 Å². The molecule has 0 atom stereocenters. The first kappa shape index (κ1) is 16.6. The second-order valence-corrected chi connectivity index (χ2v) is 6.72. The van der Waals surface area contributed by atoms with Crippen LogP contribution in [0.2, 0.25) is 0 Å². The van der Waals surface area contributed by atoms with Crippen molar-refractivity contribution < 1.29 is 18.7 Å². The van der Waals surface area contributed by atoms with Crippen molar-refractivity contribution >= 4 is 17.5 Å². The Hall–Kier alpha value is -2.83. The van der Waals surface area contributed by atoms with Gasteiger partial charge in [0.2, 0.25) is 5.89 Å². The summed E-state index contributed by atoms with van der Waals surface area (Å²) in [6.45, 7) is 3.63. The van der Waals surface area contributed by atoms with Crippen LogP contribution >= 0.6 is 0 Å². The van der Waals surface area contributed by atoms with Gasteiger partial charge in [-0.3, -0.25) is 14.5 Å². The molecule has 7 nitrogen and oxygen atoms in total. The van der Waals surface area contributed by atoms with E-state index < -0.39 is 0 Å². The van der Waals surface area contributed by atoms with Crippen molar-refractivity contribution in [2.24, 2.45) is 0 Å². The lowest BCUT2D eigenvalue weighted by Gasteiger charge is -2.28. The second-order valence-electron chi connectivity index (χ2n) is 6.72. The van der Waals surface area contributed by atoms with Crippen LogP contribution in [0.4, 0.5) is 5.69 Å². The molecule has 0 aliphatic carbocycles. The molecule has 4 rings (SSSR count).